The average Bonchev–Trinajstić information content (AvgIpc) is 2.49. The van der Waals surface area contributed by atoms with E-state index < -0.39 is 0 Å². The van der Waals surface area contributed by atoms with E-state index in [1.807, 2.05) is 30.3 Å². The SMILES string of the molecule is Cl.NCC1CCCCC1NC(=O)CCOc1ccccc1. The fraction of sp³-hybridized carbons (Fsp3) is 0.562. The Bertz CT molecular complexity index is 414. The molecule has 21 heavy (non-hydrogen) atoms. The van der Waals surface area contributed by atoms with Gasteiger partial charge in [0.25, 0.3) is 0 Å². The molecule has 1 aliphatic carbocycles. The molecule has 5 heteroatoms. The van der Waals surface area contributed by atoms with Crippen molar-refractivity contribution >= 4 is 18.3 Å². The number of rotatable bonds is 6. The van der Waals surface area contributed by atoms with Crippen LogP contribution in [0, 0.1) is 5.92 Å². The molecule has 0 spiro atoms. The molecule has 2 rings (SSSR count). The van der Waals surface area contributed by atoms with Gasteiger partial charge in [0.1, 0.15) is 5.75 Å². The van der Waals surface area contributed by atoms with E-state index in [0.29, 0.717) is 25.5 Å². The maximum atomic E-state index is 11.9. The van der Waals surface area contributed by atoms with Gasteiger partial charge in [-0.2, -0.15) is 0 Å². The minimum absolute atomic E-state index is 0. The molecule has 0 heterocycles. The molecular weight excluding hydrogens is 288 g/mol. The zero-order chi connectivity index (χ0) is 14.2. The Balaban J connectivity index is 0.00000220. The van der Waals surface area contributed by atoms with Crippen LogP contribution in [0.25, 0.3) is 0 Å². The summed E-state index contributed by atoms with van der Waals surface area (Å²) in [6.07, 6.45) is 4.98. The van der Waals surface area contributed by atoms with Crippen LogP contribution in [-0.2, 0) is 4.79 Å². The lowest BCUT2D eigenvalue weighted by Gasteiger charge is -2.31. The molecule has 0 aliphatic heterocycles. The van der Waals surface area contributed by atoms with Gasteiger partial charge in [0.2, 0.25) is 5.91 Å². The van der Waals surface area contributed by atoms with Crippen LogP contribution in [0.4, 0.5) is 0 Å². The highest BCUT2D eigenvalue weighted by Gasteiger charge is 2.24. The van der Waals surface area contributed by atoms with E-state index in [1.54, 1.807) is 0 Å². The summed E-state index contributed by atoms with van der Waals surface area (Å²) in [6.45, 7) is 1.07. The zero-order valence-electron chi connectivity index (χ0n) is 12.3. The molecule has 0 saturated heterocycles. The number of ether oxygens (including phenoxy) is 1. The van der Waals surface area contributed by atoms with Crippen molar-refractivity contribution in [3.8, 4) is 5.75 Å². The van der Waals surface area contributed by atoms with Crippen LogP contribution in [0.3, 0.4) is 0 Å². The van der Waals surface area contributed by atoms with E-state index in [-0.39, 0.29) is 24.4 Å². The molecule has 1 saturated carbocycles. The Labute approximate surface area is 132 Å². The van der Waals surface area contributed by atoms with Gasteiger partial charge in [-0.15, -0.1) is 12.4 Å². The summed E-state index contributed by atoms with van der Waals surface area (Å²) in [4.78, 5) is 11.9. The summed E-state index contributed by atoms with van der Waals surface area (Å²) in [6, 6.07) is 9.81. The number of benzene rings is 1. The van der Waals surface area contributed by atoms with Crippen molar-refractivity contribution in [3.05, 3.63) is 30.3 Å². The third-order valence-electron chi connectivity index (χ3n) is 3.90. The third kappa shape index (κ3) is 5.94. The summed E-state index contributed by atoms with van der Waals surface area (Å²) < 4.78 is 5.53. The lowest BCUT2D eigenvalue weighted by molar-refractivity contribution is -0.122. The van der Waals surface area contributed by atoms with E-state index in [9.17, 15) is 4.79 Å². The van der Waals surface area contributed by atoms with Gasteiger partial charge >= 0.3 is 0 Å². The quantitative estimate of drug-likeness (QED) is 0.848. The van der Waals surface area contributed by atoms with E-state index in [0.717, 1.165) is 18.6 Å². The Kier molecular flexibility index (Phi) is 8.16. The first kappa shape index (κ1) is 17.8. The molecule has 1 fully saturated rings. The molecule has 1 aliphatic rings. The first-order valence-corrected chi connectivity index (χ1v) is 7.47. The molecule has 0 radical (unpaired) electrons. The molecule has 0 aromatic heterocycles. The number of halogens is 1. The van der Waals surface area contributed by atoms with Crippen LogP contribution in [-0.4, -0.2) is 25.1 Å². The van der Waals surface area contributed by atoms with Crippen molar-refractivity contribution in [2.75, 3.05) is 13.2 Å². The predicted molar refractivity (Wildman–Crippen MR) is 86.7 cm³/mol. The molecule has 0 bridgehead atoms. The van der Waals surface area contributed by atoms with E-state index in [1.165, 1.54) is 12.8 Å². The Hall–Kier alpha value is -1.26. The number of nitrogens with two attached hydrogens (primary N) is 1. The zero-order valence-corrected chi connectivity index (χ0v) is 13.1. The summed E-state index contributed by atoms with van der Waals surface area (Å²) in [5.74, 6) is 1.30. The number of hydrogen-bond donors (Lipinski definition) is 2. The standard InChI is InChI=1S/C16H24N2O2.ClH/c17-12-13-6-4-5-9-15(13)18-16(19)10-11-20-14-7-2-1-3-8-14;/h1-3,7-8,13,15H,4-6,9-12,17H2,(H,18,19);1H. The van der Waals surface area contributed by atoms with Crippen LogP contribution >= 0.6 is 12.4 Å². The number of carbonyl (C=O) groups excluding carboxylic acids is 1. The third-order valence-corrected chi connectivity index (χ3v) is 3.90. The predicted octanol–water partition coefficient (Wildman–Crippen LogP) is 2.51. The minimum Gasteiger partial charge on any atom is -0.493 e. The van der Waals surface area contributed by atoms with E-state index in [2.05, 4.69) is 5.32 Å². The van der Waals surface area contributed by atoms with Crippen LogP contribution < -0.4 is 15.8 Å². The number of carbonyl (C=O) groups is 1. The Morgan fingerprint density at radius 1 is 1.24 bits per heavy atom. The highest BCUT2D eigenvalue weighted by molar-refractivity contribution is 5.85. The monoisotopic (exact) mass is 312 g/mol. The van der Waals surface area contributed by atoms with Crippen LogP contribution in [0.5, 0.6) is 5.75 Å². The highest BCUT2D eigenvalue weighted by atomic mass is 35.5. The average molecular weight is 313 g/mol. The summed E-state index contributed by atoms with van der Waals surface area (Å²) >= 11 is 0. The van der Waals surface area contributed by atoms with Crippen LogP contribution in [0.2, 0.25) is 0 Å². The van der Waals surface area contributed by atoms with Crippen LogP contribution in [0.15, 0.2) is 30.3 Å². The smallest absolute Gasteiger partial charge is 0.223 e. The van der Waals surface area contributed by atoms with Gasteiger partial charge < -0.3 is 15.8 Å². The van der Waals surface area contributed by atoms with E-state index in [4.69, 9.17) is 10.5 Å². The second-order valence-corrected chi connectivity index (χ2v) is 5.37. The Morgan fingerprint density at radius 2 is 1.95 bits per heavy atom. The lowest BCUT2D eigenvalue weighted by atomic mass is 9.84. The molecule has 2 unspecified atom stereocenters. The highest BCUT2D eigenvalue weighted by Crippen LogP contribution is 2.23. The molecule has 118 valence electrons. The maximum absolute atomic E-state index is 11.9. The second kappa shape index (κ2) is 9.64. The number of para-hydroxylation sites is 1. The number of nitrogens with one attached hydrogen (secondary N) is 1. The topological polar surface area (TPSA) is 64.3 Å². The van der Waals surface area contributed by atoms with Crippen molar-refractivity contribution in [2.45, 2.75) is 38.1 Å². The van der Waals surface area contributed by atoms with E-state index >= 15 is 0 Å². The van der Waals surface area contributed by atoms with Crippen molar-refractivity contribution in [3.63, 3.8) is 0 Å². The van der Waals surface area contributed by atoms with Crippen molar-refractivity contribution < 1.29 is 9.53 Å². The fourth-order valence-corrected chi connectivity index (χ4v) is 2.74. The Morgan fingerprint density at radius 3 is 2.67 bits per heavy atom. The summed E-state index contributed by atoms with van der Waals surface area (Å²) in [5.41, 5.74) is 5.77. The summed E-state index contributed by atoms with van der Waals surface area (Å²) in [5, 5.41) is 3.11. The molecule has 1 aromatic rings. The van der Waals surface area contributed by atoms with Crippen molar-refractivity contribution in [1.82, 2.24) is 5.32 Å². The van der Waals surface area contributed by atoms with Gasteiger partial charge in [-0.25, -0.2) is 0 Å². The largest absolute Gasteiger partial charge is 0.493 e. The van der Waals surface area contributed by atoms with Gasteiger partial charge in [0.15, 0.2) is 0 Å². The molecule has 3 N–H and O–H groups in total. The van der Waals surface area contributed by atoms with Gasteiger partial charge in [-0.05, 0) is 37.4 Å². The normalized spacial score (nSPS) is 21.2. The molecule has 1 amide bonds. The summed E-state index contributed by atoms with van der Waals surface area (Å²) in [7, 11) is 0. The van der Waals surface area contributed by atoms with Gasteiger partial charge in [0.05, 0.1) is 13.0 Å². The lowest BCUT2D eigenvalue weighted by Crippen LogP contribution is -2.45. The first-order valence-electron chi connectivity index (χ1n) is 7.47. The molecule has 1 aromatic carbocycles. The molecular formula is C16H25ClN2O2. The fourth-order valence-electron chi connectivity index (χ4n) is 2.74. The van der Waals surface area contributed by atoms with Gasteiger partial charge in [0, 0.05) is 6.04 Å². The molecule has 2 atom stereocenters. The maximum Gasteiger partial charge on any atom is 0.223 e. The van der Waals surface area contributed by atoms with Crippen LogP contribution in [0.1, 0.15) is 32.1 Å². The number of amides is 1. The number of hydrogen-bond acceptors (Lipinski definition) is 3. The van der Waals surface area contributed by atoms with Gasteiger partial charge in [-0.1, -0.05) is 31.0 Å². The molecule has 4 nitrogen and oxygen atoms in total. The second-order valence-electron chi connectivity index (χ2n) is 5.37. The first-order chi connectivity index (χ1) is 9.79. The van der Waals surface area contributed by atoms with Crippen molar-refractivity contribution in [2.24, 2.45) is 11.7 Å². The van der Waals surface area contributed by atoms with Crippen molar-refractivity contribution in [1.29, 1.82) is 0 Å². The van der Waals surface area contributed by atoms with Gasteiger partial charge in [-0.3, -0.25) is 4.79 Å². The minimum atomic E-state index is 0.